The van der Waals surface area contributed by atoms with Crippen molar-refractivity contribution < 1.29 is 57.4 Å². The number of nitrogens with one attached hydrogen (secondary N) is 4. The summed E-state index contributed by atoms with van der Waals surface area (Å²) in [5.41, 5.74) is 6.83. The highest BCUT2D eigenvalue weighted by molar-refractivity contribution is 9.10. The van der Waals surface area contributed by atoms with Crippen molar-refractivity contribution in [3.63, 3.8) is 0 Å². The summed E-state index contributed by atoms with van der Waals surface area (Å²) >= 11 is 3.58. The molecule has 2 aromatic carbocycles. The molecule has 4 aromatic rings. The van der Waals surface area contributed by atoms with E-state index in [0.717, 1.165) is 20.3 Å². The lowest BCUT2D eigenvalue weighted by Crippen LogP contribution is -2.54. The zero-order valence-electron chi connectivity index (χ0n) is 44.0. The summed E-state index contributed by atoms with van der Waals surface area (Å²) in [6.07, 6.45) is 2.79. The molecule has 7 rings (SSSR count). The van der Waals surface area contributed by atoms with Crippen LogP contribution < -0.4 is 32.6 Å². The summed E-state index contributed by atoms with van der Waals surface area (Å²) in [5.74, 6) is -3.46. The number of urea groups is 1. The largest absolute Gasteiger partial charge is 0.457 e. The number of anilines is 1. The number of amides is 9. The maximum Gasteiger partial charge on any atom is 0.411 e. The van der Waals surface area contributed by atoms with Crippen LogP contribution in [-0.2, 0) is 68.3 Å². The number of likely N-dealkylation sites (N-methyl/N-ethyl adjacent to an activating group) is 2. The van der Waals surface area contributed by atoms with E-state index in [1.165, 1.54) is 36.0 Å². The highest BCUT2D eigenvalue weighted by atomic mass is 79.9. The van der Waals surface area contributed by atoms with Crippen molar-refractivity contribution in [2.24, 2.45) is 11.7 Å². The summed E-state index contributed by atoms with van der Waals surface area (Å²) < 4.78 is 19.4. The number of hydrogen-bond acceptors (Lipinski definition) is 14. The van der Waals surface area contributed by atoms with Gasteiger partial charge in [-0.3, -0.25) is 33.7 Å². The third kappa shape index (κ3) is 13.3. The Morgan fingerprint density at radius 1 is 0.885 bits per heavy atom. The first-order valence-corrected chi connectivity index (χ1v) is 26.4. The van der Waals surface area contributed by atoms with Crippen LogP contribution in [-0.4, -0.2) is 130 Å². The van der Waals surface area contributed by atoms with Crippen molar-refractivity contribution >= 4 is 86.2 Å². The van der Waals surface area contributed by atoms with Crippen LogP contribution in [0.15, 0.2) is 76.0 Å². The Morgan fingerprint density at radius 2 is 1.59 bits per heavy atom. The molecule has 0 radical (unpaired) electrons. The van der Waals surface area contributed by atoms with E-state index in [1.54, 1.807) is 55.7 Å². The predicted octanol–water partition coefficient (Wildman–Crippen LogP) is 4.68. The minimum atomic E-state index is -1.94. The van der Waals surface area contributed by atoms with Gasteiger partial charge < -0.3 is 55.6 Å². The first-order valence-electron chi connectivity index (χ1n) is 25.6. The van der Waals surface area contributed by atoms with Crippen LogP contribution in [0.5, 0.6) is 0 Å². The third-order valence-corrected chi connectivity index (χ3v) is 14.5. The number of nitrogens with zero attached hydrogens (tertiary/aromatic N) is 5. The van der Waals surface area contributed by atoms with E-state index >= 15 is 0 Å². The molecule has 3 aliphatic rings. The number of hydrogen-bond donors (Lipinski definition) is 5. The molecule has 0 spiro atoms. The summed E-state index contributed by atoms with van der Waals surface area (Å²) in [6.45, 7) is 5.31. The minimum Gasteiger partial charge on any atom is -0.457 e. The normalized spacial score (nSPS) is 15.9. The molecule has 24 heteroatoms. The topological polar surface area (TPSA) is 300 Å². The number of nitrogens with two attached hydrogens (primary N) is 1. The molecule has 2 aromatic heterocycles. The Bertz CT molecular complexity index is 3090. The van der Waals surface area contributed by atoms with Gasteiger partial charge in [0.25, 0.3) is 17.4 Å². The number of fused-ring (bicyclic) bond motifs is 5. The molecule has 0 aliphatic carbocycles. The van der Waals surface area contributed by atoms with E-state index in [2.05, 4.69) is 37.2 Å². The molecule has 0 fully saturated rings. The second-order valence-electron chi connectivity index (χ2n) is 19.6. The number of esters is 1. The molecule has 0 saturated heterocycles. The maximum atomic E-state index is 14.0. The standard InChI is InChI=1S/C54H63BrN10O13/c1-6-54(37-27-41-46-33(26-35-38(55)12-10-13-39(35)59-46)28-65(41)49(71)36(37)30-76-50(54)72)78-53(75)63(5)25-24-62(4)52(74)77-29-32-16-18-34(19-17-32)58-47(69)40(14-11-22-57-51(56)73)60-48(70)45(31(2)3)61-42(66)15-8-7-9-23-64-43(67)20-21-44(64)68/h10,12-13,16-21,26-27,31,40,45H,6-9,11,14-15,22-25,28-30H2,1-5H3,(H,58,69)(H,60,70)(H,61,66)(H3,56,57,73)/t40-,45?,54-/m0/s1. The molecule has 9 amide bonds. The van der Waals surface area contributed by atoms with Gasteiger partial charge in [-0.15, -0.1) is 0 Å². The van der Waals surface area contributed by atoms with Gasteiger partial charge in [0.15, 0.2) is 0 Å². The van der Waals surface area contributed by atoms with Crippen molar-refractivity contribution in [3.05, 3.63) is 104 Å². The zero-order valence-corrected chi connectivity index (χ0v) is 45.6. The van der Waals surface area contributed by atoms with Crippen molar-refractivity contribution in [2.75, 3.05) is 45.6 Å². The smallest absolute Gasteiger partial charge is 0.411 e. The molecule has 3 aliphatic heterocycles. The second kappa shape index (κ2) is 25.3. The van der Waals surface area contributed by atoms with Gasteiger partial charge in [-0.05, 0) is 80.0 Å². The highest BCUT2D eigenvalue weighted by Gasteiger charge is 2.51. The molecule has 6 N–H and O–H groups in total. The second-order valence-corrected chi connectivity index (χ2v) is 20.4. The van der Waals surface area contributed by atoms with E-state index in [9.17, 15) is 47.9 Å². The molecule has 3 atom stereocenters. The van der Waals surface area contributed by atoms with E-state index < -0.39 is 53.7 Å². The summed E-state index contributed by atoms with van der Waals surface area (Å²) in [5, 5.41) is 11.6. The van der Waals surface area contributed by atoms with Gasteiger partial charge in [-0.1, -0.05) is 61.3 Å². The summed E-state index contributed by atoms with van der Waals surface area (Å²) in [7, 11) is 2.92. The van der Waals surface area contributed by atoms with Crippen LogP contribution in [0, 0.1) is 5.92 Å². The number of carbonyl (C=O) groups is 9. The predicted molar refractivity (Wildman–Crippen MR) is 287 cm³/mol. The van der Waals surface area contributed by atoms with Gasteiger partial charge in [0, 0.05) is 85.5 Å². The fourth-order valence-electron chi connectivity index (χ4n) is 9.21. The maximum absolute atomic E-state index is 14.0. The Hall–Kier alpha value is -8.15. The van der Waals surface area contributed by atoms with E-state index in [-0.39, 0.29) is 112 Å². The number of halogens is 1. The first kappa shape index (κ1) is 57.6. The van der Waals surface area contributed by atoms with Crippen LogP contribution in [0.4, 0.5) is 20.1 Å². The monoisotopic (exact) mass is 1140 g/mol. The molecule has 1 unspecified atom stereocenters. The number of carbonyl (C=O) groups excluding carboxylic acids is 9. The average Bonchev–Trinajstić information content (AvgIpc) is 4.07. The molecular weight excluding hydrogens is 1080 g/mol. The summed E-state index contributed by atoms with van der Waals surface area (Å²) in [6, 6.07) is 12.9. The molecule has 0 saturated carbocycles. The molecule has 5 heterocycles. The number of aromatic nitrogens is 2. The number of rotatable bonds is 23. The molecule has 23 nitrogen and oxygen atoms in total. The molecule has 414 valence electrons. The van der Waals surface area contributed by atoms with Crippen molar-refractivity contribution in [3.8, 4) is 11.4 Å². The molecule has 78 heavy (non-hydrogen) atoms. The van der Waals surface area contributed by atoms with Crippen molar-refractivity contribution in [1.29, 1.82) is 0 Å². The van der Waals surface area contributed by atoms with Gasteiger partial charge in [-0.2, -0.15) is 0 Å². The van der Waals surface area contributed by atoms with Gasteiger partial charge in [0.05, 0.1) is 29.0 Å². The number of cyclic esters (lactones) is 1. The van der Waals surface area contributed by atoms with E-state index in [0.29, 0.717) is 47.4 Å². The number of primary amides is 1. The van der Waals surface area contributed by atoms with Gasteiger partial charge >= 0.3 is 24.2 Å². The van der Waals surface area contributed by atoms with Crippen LogP contribution in [0.25, 0.3) is 22.3 Å². The lowest BCUT2D eigenvalue weighted by Gasteiger charge is -2.36. The Morgan fingerprint density at radius 3 is 2.27 bits per heavy atom. The number of imide groups is 1. The lowest BCUT2D eigenvalue weighted by atomic mass is 9.85. The number of unbranched alkanes of at least 4 members (excludes halogenated alkanes) is 2. The Kier molecular flexibility index (Phi) is 18.7. The van der Waals surface area contributed by atoms with Crippen LogP contribution >= 0.6 is 15.9 Å². The van der Waals surface area contributed by atoms with Gasteiger partial charge in [0.1, 0.15) is 25.3 Å². The first-order chi connectivity index (χ1) is 37.2. The molecule has 0 bridgehead atoms. The van der Waals surface area contributed by atoms with E-state index in [1.807, 2.05) is 24.3 Å². The van der Waals surface area contributed by atoms with Crippen LogP contribution in [0.3, 0.4) is 0 Å². The number of benzene rings is 2. The van der Waals surface area contributed by atoms with Gasteiger partial charge in [-0.25, -0.2) is 24.2 Å². The highest BCUT2D eigenvalue weighted by Crippen LogP contribution is 2.41. The fraction of sp³-hybridized carbons (Fsp3) is 0.426. The SMILES string of the molecule is CC[C@@]1(OC(=O)N(C)CCN(C)C(=O)OCc2ccc(NC(=O)[C@H](CCCNC(N)=O)NC(=O)C(NC(=O)CCCCCN3C(=O)C=CC3=O)C(C)C)cc2)C(=O)OCc2c1cc1n(c2=O)Cc2cc3c(Br)cccc3nc2-1. The summed E-state index contributed by atoms with van der Waals surface area (Å²) in [4.78, 5) is 138. The lowest BCUT2D eigenvalue weighted by molar-refractivity contribution is -0.173. The number of ether oxygens (including phenoxy) is 3. The van der Waals surface area contributed by atoms with Gasteiger partial charge in [0.2, 0.25) is 23.3 Å². The number of pyridine rings is 2. The third-order valence-electron chi connectivity index (χ3n) is 13.8. The van der Waals surface area contributed by atoms with E-state index in [4.69, 9.17) is 24.9 Å². The minimum absolute atomic E-state index is 0.00460. The molecular formula is C54H63BrN10O13. The van der Waals surface area contributed by atoms with Crippen molar-refractivity contribution in [2.45, 2.75) is 103 Å². The Balaban J connectivity index is 0.893. The fourth-order valence-corrected chi connectivity index (χ4v) is 9.68. The Labute approximate surface area is 457 Å². The van der Waals surface area contributed by atoms with Crippen LogP contribution in [0.2, 0.25) is 0 Å². The quantitative estimate of drug-likeness (QED) is 0.0257. The van der Waals surface area contributed by atoms with Crippen molar-refractivity contribution in [1.82, 2.24) is 40.2 Å². The zero-order chi connectivity index (χ0) is 56.4. The average molecular weight is 1140 g/mol. The van der Waals surface area contributed by atoms with Crippen LogP contribution in [0.1, 0.15) is 88.0 Å².